The third-order valence-electron chi connectivity index (χ3n) is 2.77. The standard InChI is InChI=1S/C10H12N4O2/c1-5(15)8-12-9-7(10(16)13-8)4-11-14(9)6-2-3-6/h4-6,15H,2-3H2,1H3,(H,12,13,16)/t5-/m1/s1. The molecular weight excluding hydrogens is 208 g/mol. The number of nitrogens with zero attached hydrogens (tertiary/aromatic N) is 3. The van der Waals surface area contributed by atoms with E-state index >= 15 is 0 Å². The molecule has 0 amide bonds. The summed E-state index contributed by atoms with van der Waals surface area (Å²) < 4.78 is 1.77. The molecule has 2 aromatic rings. The van der Waals surface area contributed by atoms with Crippen LogP contribution in [-0.2, 0) is 0 Å². The third kappa shape index (κ3) is 1.34. The van der Waals surface area contributed by atoms with Crippen LogP contribution in [0.2, 0.25) is 0 Å². The highest BCUT2D eigenvalue weighted by molar-refractivity contribution is 5.73. The van der Waals surface area contributed by atoms with Gasteiger partial charge in [-0.05, 0) is 19.8 Å². The zero-order valence-corrected chi connectivity index (χ0v) is 8.84. The average Bonchev–Trinajstić information content (AvgIpc) is 2.98. The Kier molecular flexibility index (Phi) is 1.88. The number of H-pyrrole nitrogens is 1. The van der Waals surface area contributed by atoms with Crippen molar-refractivity contribution in [1.82, 2.24) is 19.7 Å². The molecule has 0 bridgehead atoms. The lowest BCUT2D eigenvalue weighted by Crippen LogP contribution is -2.14. The molecule has 84 valence electrons. The molecule has 3 rings (SSSR count). The lowest BCUT2D eigenvalue weighted by Gasteiger charge is -2.04. The predicted molar refractivity (Wildman–Crippen MR) is 57.1 cm³/mol. The van der Waals surface area contributed by atoms with Crippen molar-refractivity contribution in [3.63, 3.8) is 0 Å². The summed E-state index contributed by atoms with van der Waals surface area (Å²) in [5.74, 6) is 0.292. The van der Waals surface area contributed by atoms with Crippen LogP contribution in [0.3, 0.4) is 0 Å². The number of hydrogen-bond donors (Lipinski definition) is 2. The lowest BCUT2D eigenvalue weighted by atomic mass is 10.3. The van der Waals surface area contributed by atoms with Crippen LogP contribution < -0.4 is 5.56 Å². The van der Waals surface area contributed by atoms with E-state index < -0.39 is 6.10 Å². The Morgan fingerprint density at radius 3 is 3.00 bits per heavy atom. The molecule has 2 aromatic heterocycles. The Labute approximate surface area is 90.9 Å². The van der Waals surface area contributed by atoms with Crippen LogP contribution in [0.5, 0.6) is 0 Å². The van der Waals surface area contributed by atoms with Gasteiger partial charge >= 0.3 is 0 Å². The molecule has 6 nitrogen and oxygen atoms in total. The summed E-state index contributed by atoms with van der Waals surface area (Å²) in [6.07, 6.45) is 2.91. The normalized spacial score (nSPS) is 17.9. The Balaban J connectivity index is 2.28. The van der Waals surface area contributed by atoms with E-state index in [1.807, 2.05) is 0 Å². The summed E-state index contributed by atoms with van der Waals surface area (Å²) in [5.41, 5.74) is 0.329. The molecule has 0 radical (unpaired) electrons. The second-order valence-electron chi connectivity index (χ2n) is 4.18. The fraction of sp³-hybridized carbons (Fsp3) is 0.500. The second kappa shape index (κ2) is 3.15. The minimum atomic E-state index is -0.778. The molecular formula is C10H12N4O2. The van der Waals surface area contributed by atoms with Crippen molar-refractivity contribution in [3.05, 3.63) is 22.4 Å². The van der Waals surface area contributed by atoms with Gasteiger partial charge < -0.3 is 10.1 Å². The maximum Gasteiger partial charge on any atom is 0.262 e. The van der Waals surface area contributed by atoms with Crippen LogP contribution >= 0.6 is 0 Å². The summed E-state index contributed by atoms with van der Waals surface area (Å²) in [5, 5.41) is 14.1. The predicted octanol–water partition coefficient (Wildman–Crippen LogP) is 0.508. The van der Waals surface area contributed by atoms with Gasteiger partial charge in [-0.2, -0.15) is 5.10 Å². The molecule has 1 fully saturated rings. The van der Waals surface area contributed by atoms with E-state index in [9.17, 15) is 9.90 Å². The van der Waals surface area contributed by atoms with Crippen molar-refractivity contribution in [2.24, 2.45) is 0 Å². The monoisotopic (exact) mass is 220 g/mol. The molecule has 1 atom stereocenters. The minimum absolute atomic E-state index is 0.243. The number of aliphatic hydroxyl groups excluding tert-OH is 1. The summed E-state index contributed by atoms with van der Waals surface area (Å²) >= 11 is 0. The molecule has 6 heteroatoms. The van der Waals surface area contributed by atoms with Gasteiger partial charge in [0.15, 0.2) is 5.65 Å². The Hall–Kier alpha value is -1.69. The minimum Gasteiger partial charge on any atom is -0.385 e. The van der Waals surface area contributed by atoms with Crippen LogP contribution in [0.1, 0.15) is 37.7 Å². The molecule has 1 saturated carbocycles. The molecule has 0 saturated heterocycles. The van der Waals surface area contributed by atoms with Crippen molar-refractivity contribution in [2.45, 2.75) is 31.9 Å². The van der Waals surface area contributed by atoms with Gasteiger partial charge in [0.05, 0.1) is 12.2 Å². The van der Waals surface area contributed by atoms with Gasteiger partial charge in [-0.25, -0.2) is 9.67 Å². The first kappa shape index (κ1) is 9.53. The topological polar surface area (TPSA) is 83.8 Å². The quantitative estimate of drug-likeness (QED) is 0.772. The van der Waals surface area contributed by atoms with Crippen LogP contribution in [0.25, 0.3) is 11.0 Å². The maximum absolute atomic E-state index is 11.7. The highest BCUT2D eigenvalue weighted by atomic mass is 16.3. The average molecular weight is 220 g/mol. The maximum atomic E-state index is 11.7. The zero-order valence-electron chi connectivity index (χ0n) is 8.84. The first-order valence-electron chi connectivity index (χ1n) is 5.32. The number of rotatable bonds is 2. The van der Waals surface area contributed by atoms with Gasteiger partial charge in [0, 0.05) is 0 Å². The molecule has 1 aliphatic rings. The molecule has 2 heterocycles. The number of aromatic nitrogens is 4. The van der Waals surface area contributed by atoms with E-state index in [2.05, 4.69) is 15.1 Å². The largest absolute Gasteiger partial charge is 0.385 e. The van der Waals surface area contributed by atoms with Crippen LogP contribution in [-0.4, -0.2) is 24.9 Å². The Bertz CT molecular complexity index is 594. The van der Waals surface area contributed by atoms with Gasteiger partial charge in [-0.1, -0.05) is 0 Å². The molecule has 0 unspecified atom stereocenters. The van der Waals surface area contributed by atoms with Gasteiger partial charge in [0.1, 0.15) is 17.3 Å². The number of aliphatic hydroxyl groups is 1. The number of nitrogens with one attached hydrogen (secondary N) is 1. The molecule has 0 spiro atoms. The SMILES string of the molecule is C[C@@H](O)c1nc2c(cnn2C2CC2)c(=O)[nH]1. The van der Waals surface area contributed by atoms with Gasteiger partial charge in [0.2, 0.25) is 0 Å². The zero-order chi connectivity index (χ0) is 11.3. The van der Waals surface area contributed by atoms with Gasteiger partial charge in [0.25, 0.3) is 5.56 Å². The molecule has 2 N–H and O–H groups in total. The van der Waals surface area contributed by atoms with E-state index in [4.69, 9.17) is 0 Å². The van der Waals surface area contributed by atoms with Crippen LogP contribution in [0, 0.1) is 0 Å². The summed E-state index contributed by atoms with van der Waals surface area (Å²) in [4.78, 5) is 18.5. The highest BCUT2D eigenvalue weighted by Crippen LogP contribution is 2.35. The van der Waals surface area contributed by atoms with Crippen LogP contribution in [0.15, 0.2) is 11.0 Å². The van der Waals surface area contributed by atoms with E-state index in [1.54, 1.807) is 11.6 Å². The molecule has 0 aromatic carbocycles. The summed E-state index contributed by atoms with van der Waals surface area (Å²) in [7, 11) is 0. The second-order valence-corrected chi connectivity index (χ2v) is 4.18. The lowest BCUT2D eigenvalue weighted by molar-refractivity contribution is 0.189. The summed E-state index contributed by atoms with van der Waals surface area (Å²) in [6.45, 7) is 1.57. The summed E-state index contributed by atoms with van der Waals surface area (Å²) in [6, 6.07) is 0.369. The van der Waals surface area contributed by atoms with E-state index in [0.717, 1.165) is 12.8 Å². The third-order valence-corrected chi connectivity index (χ3v) is 2.77. The first-order valence-corrected chi connectivity index (χ1v) is 5.32. The smallest absolute Gasteiger partial charge is 0.262 e. The molecule has 1 aliphatic carbocycles. The fourth-order valence-corrected chi connectivity index (χ4v) is 1.74. The Morgan fingerprint density at radius 1 is 1.62 bits per heavy atom. The van der Waals surface area contributed by atoms with E-state index in [1.165, 1.54) is 6.20 Å². The van der Waals surface area contributed by atoms with Gasteiger partial charge in [-0.15, -0.1) is 0 Å². The van der Waals surface area contributed by atoms with E-state index in [0.29, 0.717) is 22.9 Å². The number of fused-ring (bicyclic) bond motifs is 1. The van der Waals surface area contributed by atoms with Crippen molar-refractivity contribution in [3.8, 4) is 0 Å². The van der Waals surface area contributed by atoms with Crippen molar-refractivity contribution < 1.29 is 5.11 Å². The van der Waals surface area contributed by atoms with Crippen LogP contribution in [0.4, 0.5) is 0 Å². The fourth-order valence-electron chi connectivity index (χ4n) is 1.74. The molecule has 0 aliphatic heterocycles. The Morgan fingerprint density at radius 2 is 2.38 bits per heavy atom. The number of hydrogen-bond acceptors (Lipinski definition) is 4. The molecule has 16 heavy (non-hydrogen) atoms. The van der Waals surface area contributed by atoms with Crippen molar-refractivity contribution >= 4 is 11.0 Å². The van der Waals surface area contributed by atoms with Crippen molar-refractivity contribution in [1.29, 1.82) is 0 Å². The van der Waals surface area contributed by atoms with E-state index in [-0.39, 0.29) is 5.56 Å². The van der Waals surface area contributed by atoms with Gasteiger partial charge in [-0.3, -0.25) is 4.79 Å². The van der Waals surface area contributed by atoms with Crippen molar-refractivity contribution in [2.75, 3.05) is 0 Å². The highest BCUT2D eigenvalue weighted by Gasteiger charge is 2.27. The number of aromatic amines is 1. The first-order chi connectivity index (χ1) is 7.66.